The number of carbonyl (C=O) groups is 2. The fourth-order valence-electron chi connectivity index (χ4n) is 6.21. The number of cyclic esters (lactones) is 1. The zero-order valence-corrected chi connectivity index (χ0v) is 21.0. The van der Waals surface area contributed by atoms with Gasteiger partial charge in [-0.05, 0) is 65.9 Å². The number of halogens is 1. The Balaban J connectivity index is 1.23. The van der Waals surface area contributed by atoms with Crippen LogP contribution >= 0.6 is 0 Å². The number of anilines is 1. The highest BCUT2D eigenvalue weighted by Gasteiger charge is 2.54. The molecule has 1 unspecified atom stereocenters. The maximum atomic E-state index is 13.9. The maximum absolute atomic E-state index is 13.9. The number of carbonyl (C=O) groups excluding carboxylic acids is 2. The molecule has 7 nitrogen and oxygen atoms in total. The Morgan fingerprint density at radius 2 is 1.76 bits per heavy atom. The van der Waals surface area contributed by atoms with Crippen LogP contribution in [0.4, 0.5) is 14.9 Å². The number of nitrogens with zero attached hydrogens (tertiary/aromatic N) is 3. The van der Waals surface area contributed by atoms with Crippen molar-refractivity contribution in [1.29, 1.82) is 0 Å². The summed E-state index contributed by atoms with van der Waals surface area (Å²) in [7, 11) is 0. The van der Waals surface area contributed by atoms with Crippen LogP contribution in [0.2, 0.25) is 0 Å². The molecule has 3 saturated heterocycles. The number of amides is 2. The van der Waals surface area contributed by atoms with Gasteiger partial charge < -0.3 is 19.9 Å². The summed E-state index contributed by atoms with van der Waals surface area (Å²) in [6, 6.07) is 19.2. The minimum atomic E-state index is -0.695. The van der Waals surface area contributed by atoms with Crippen LogP contribution in [0.1, 0.15) is 24.0 Å². The van der Waals surface area contributed by atoms with E-state index in [1.807, 2.05) is 0 Å². The summed E-state index contributed by atoms with van der Waals surface area (Å²) in [5, 5.41) is 5.22. The van der Waals surface area contributed by atoms with E-state index in [1.165, 1.54) is 34.0 Å². The number of piperidine rings is 1. The highest BCUT2D eigenvalue weighted by molar-refractivity contribution is 5.94. The molecule has 2 amide bonds. The summed E-state index contributed by atoms with van der Waals surface area (Å²) >= 11 is 0. The number of likely N-dealkylation sites (tertiary alicyclic amines) is 1. The second kappa shape index (κ2) is 9.34. The SMILES string of the molecule is Cc1cccc2cccc(CN3CCC4(CC3)C(=O)N(CC3CNC(=O)O3)CN4c3ccc(F)cc3)c12. The van der Waals surface area contributed by atoms with E-state index >= 15 is 0 Å². The molecule has 0 aliphatic carbocycles. The standard InChI is InChI=1S/C29H31FN4O3/c1-20-4-2-5-21-6-3-7-22(26(20)21)17-32-14-12-29(13-15-32)27(35)33(18-25-16-31-28(36)37-25)19-34(29)24-10-8-23(30)9-11-24/h2-11,25H,12-19H2,1H3,(H,31,36). The molecule has 8 heteroatoms. The Kier molecular flexibility index (Phi) is 5.99. The van der Waals surface area contributed by atoms with Gasteiger partial charge >= 0.3 is 6.09 Å². The molecule has 192 valence electrons. The lowest BCUT2D eigenvalue weighted by Gasteiger charge is -2.43. The molecular formula is C29H31FN4O3. The number of aryl methyl sites for hydroxylation is 1. The fraction of sp³-hybridized carbons (Fsp3) is 0.379. The second-order valence-corrected chi connectivity index (χ2v) is 10.4. The normalized spacial score (nSPS) is 21.6. The maximum Gasteiger partial charge on any atom is 0.407 e. The third kappa shape index (κ3) is 4.29. The zero-order valence-electron chi connectivity index (χ0n) is 21.0. The van der Waals surface area contributed by atoms with Gasteiger partial charge in [-0.1, -0.05) is 36.4 Å². The molecule has 3 aliphatic rings. The Hall–Kier alpha value is -3.65. The van der Waals surface area contributed by atoms with Gasteiger partial charge in [-0.15, -0.1) is 0 Å². The number of hydrogen-bond donors (Lipinski definition) is 1. The number of alkyl carbamates (subject to hydrolysis) is 1. The summed E-state index contributed by atoms with van der Waals surface area (Å²) in [5.74, 6) is -0.246. The van der Waals surface area contributed by atoms with Crippen molar-refractivity contribution in [3.63, 3.8) is 0 Å². The summed E-state index contributed by atoms with van der Waals surface area (Å²) in [5.41, 5.74) is 2.71. The lowest BCUT2D eigenvalue weighted by Crippen LogP contribution is -2.56. The Bertz CT molecular complexity index is 1330. The average molecular weight is 503 g/mol. The molecule has 0 bridgehead atoms. The number of benzene rings is 3. The summed E-state index contributed by atoms with van der Waals surface area (Å²) in [6.07, 6.45) is 0.535. The van der Waals surface area contributed by atoms with E-state index in [1.54, 1.807) is 17.0 Å². The molecule has 3 aromatic rings. The number of hydrogen-bond acceptors (Lipinski definition) is 5. The lowest BCUT2D eigenvalue weighted by molar-refractivity contribution is -0.134. The van der Waals surface area contributed by atoms with Crippen LogP contribution in [0.3, 0.4) is 0 Å². The minimum Gasteiger partial charge on any atom is -0.442 e. The molecule has 0 radical (unpaired) electrons. The third-order valence-corrected chi connectivity index (χ3v) is 8.10. The quantitative estimate of drug-likeness (QED) is 0.571. The van der Waals surface area contributed by atoms with E-state index in [2.05, 4.69) is 58.4 Å². The smallest absolute Gasteiger partial charge is 0.407 e. The van der Waals surface area contributed by atoms with E-state index < -0.39 is 11.6 Å². The van der Waals surface area contributed by atoms with Crippen molar-refractivity contribution >= 4 is 28.5 Å². The van der Waals surface area contributed by atoms with Crippen LogP contribution in [0.15, 0.2) is 60.7 Å². The summed E-state index contributed by atoms with van der Waals surface area (Å²) in [6.45, 7) is 5.66. The first-order valence-electron chi connectivity index (χ1n) is 12.9. The molecule has 1 atom stereocenters. The first-order valence-corrected chi connectivity index (χ1v) is 12.9. The molecular weight excluding hydrogens is 471 g/mol. The van der Waals surface area contributed by atoms with Crippen molar-refractivity contribution < 1.29 is 18.7 Å². The number of fused-ring (bicyclic) bond motifs is 1. The second-order valence-electron chi connectivity index (χ2n) is 10.4. The largest absolute Gasteiger partial charge is 0.442 e. The molecule has 0 aromatic heterocycles. The Morgan fingerprint density at radius 1 is 1.03 bits per heavy atom. The van der Waals surface area contributed by atoms with E-state index in [0.29, 0.717) is 32.6 Å². The molecule has 1 spiro atoms. The molecule has 0 saturated carbocycles. The van der Waals surface area contributed by atoms with Gasteiger partial charge in [0.15, 0.2) is 0 Å². The Labute approximate surface area is 215 Å². The first-order chi connectivity index (χ1) is 17.9. The molecule has 1 N–H and O–H groups in total. The molecule has 37 heavy (non-hydrogen) atoms. The van der Waals surface area contributed by atoms with Crippen LogP contribution in [0, 0.1) is 12.7 Å². The average Bonchev–Trinajstić information content (AvgIpc) is 3.42. The predicted octanol–water partition coefficient (Wildman–Crippen LogP) is 4.04. The van der Waals surface area contributed by atoms with Gasteiger partial charge in [0.05, 0.1) is 19.8 Å². The van der Waals surface area contributed by atoms with Crippen molar-refractivity contribution in [2.45, 2.75) is 38.0 Å². The van der Waals surface area contributed by atoms with E-state index in [4.69, 9.17) is 4.74 Å². The van der Waals surface area contributed by atoms with Crippen molar-refractivity contribution in [2.75, 3.05) is 37.7 Å². The van der Waals surface area contributed by atoms with E-state index in [9.17, 15) is 14.0 Å². The van der Waals surface area contributed by atoms with Gasteiger partial charge in [-0.3, -0.25) is 9.69 Å². The summed E-state index contributed by atoms with van der Waals surface area (Å²) in [4.78, 5) is 31.8. The summed E-state index contributed by atoms with van der Waals surface area (Å²) < 4.78 is 19.0. The topological polar surface area (TPSA) is 65.1 Å². The minimum absolute atomic E-state index is 0.0560. The van der Waals surface area contributed by atoms with E-state index in [0.717, 1.165) is 25.3 Å². The third-order valence-electron chi connectivity index (χ3n) is 8.10. The predicted molar refractivity (Wildman–Crippen MR) is 140 cm³/mol. The zero-order chi connectivity index (χ0) is 25.6. The highest BCUT2D eigenvalue weighted by Crippen LogP contribution is 2.40. The highest BCUT2D eigenvalue weighted by atomic mass is 19.1. The number of rotatable bonds is 5. The van der Waals surface area contributed by atoms with Gasteiger partial charge in [-0.25, -0.2) is 9.18 Å². The van der Waals surface area contributed by atoms with Crippen molar-refractivity contribution in [2.24, 2.45) is 0 Å². The van der Waals surface area contributed by atoms with Crippen LogP contribution in [0.25, 0.3) is 10.8 Å². The van der Waals surface area contributed by atoms with Gasteiger partial charge in [0.2, 0.25) is 5.91 Å². The van der Waals surface area contributed by atoms with Gasteiger partial charge in [0.25, 0.3) is 0 Å². The van der Waals surface area contributed by atoms with Crippen molar-refractivity contribution in [3.05, 3.63) is 77.6 Å². The van der Waals surface area contributed by atoms with Gasteiger partial charge in [-0.2, -0.15) is 0 Å². The van der Waals surface area contributed by atoms with E-state index in [-0.39, 0.29) is 17.8 Å². The van der Waals surface area contributed by atoms with Gasteiger partial charge in [0.1, 0.15) is 17.5 Å². The van der Waals surface area contributed by atoms with Crippen molar-refractivity contribution in [3.8, 4) is 0 Å². The Morgan fingerprint density at radius 3 is 2.46 bits per heavy atom. The van der Waals surface area contributed by atoms with Crippen molar-refractivity contribution in [1.82, 2.24) is 15.1 Å². The van der Waals surface area contributed by atoms with Crippen LogP contribution in [-0.2, 0) is 16.1 Å². The first kappa shape index (κ1) is 23.7. The fourth-order valence-corrected chi connectivity index (χ4v) is 6.21. The van der Waals surface area contributed by atoms with Crippen LogP contribution in [-0.4, -0.2) is 66.3 Å². The number of nitrogens with one attached hydrogen (secondary N) is 1. The molecule has 6 rings (SSSR count). The lowest BCUT2D eigenvalue weighted by atomic mass is 9.85. The molecule has 3 heterocycles. The van der Waals surface area contributed by atoms with Gasteiger partial charge in [0, 0.05) is 25.3 Å². The van der Waals surface area contributed by atoms with Crippen LogP contribution < -0.4 is 10.2 Å². The number of ether oxygens (including phenoxy) is 1. The molecule has 3 aliphatic heterocycles. The molecule has 3 aromatic carbocycles. The van der Waals surface area contributed by atoms with Crippen LogP contribution in [0.5, 0.6) is 0 Å². The monoisotopic (exact) mass is 502 g/mol. The molecule has 3 fully saturated rings.